The number of carbonyl (C=O) groups excluding carboxylic acids is 1. The zero-order chi connectivity index (χ0) is 12.1. The third-order valence-corrected chi connectivity index (χ3v) is 2.46. The summed E-state index contributed by atoms with van der Waals surface area (Å²) in [6.45, 7) is 0.874. The first kappa shape index (κ1) is 14.3. The van der Waals surface area contributed by atoms with Crippen molar-refractivity contribution in [2.45, 2.75) is 13.1 Å². The van der Waals surface area contributed by atoms with Crippen LogP contribution in [0.5, 0.6) is 0 Å². The topological polar surface area (TPSA) is 68.3 Å². The predicted molar refractivity (Wildman–Crippen MR) is 71.5 cm³/mol. The van der Waals surface area contributed by atoms with Crippen LogP contribution in [0.15, 0.2) is 47.1 Å². The first-order chi connectivity index (χ1) is 8.29. The highest BCUT2D eigenvalue weighted by molar-refractivity contribution is 5.94. The van der Waals surface area contributed by atoms with Crippen molar-refractivity contribution in [3.8, 4) is 0 Å². The fraction of sp³-hybridized carbons (Fsp3) is 0.154. The fourth-order valence-electron chi connectivity index (χ4n) is 1.47. The largest absolute Gasteiger partial charge is 0.467 e. The molecule has 2 aromatic rings. The lowest BCUT2D eigenvalue weighted by Crippen LogP contribution is -2.22. The Morgan fingerprint density at radius 1 is 1.22 bits per heavy atom. The molecule has 0 aliphatic carbocycles. The van der Waals surface area contributed by atoms with Gasteiger partial charge in [-0.3, -0.25) is 4.79 Å². The molecule has 0 aliphatic rings. The Hall–Kier alpha value is -1.78. The summed E-state index contributed by atoms with van der Waals surface area (Å²) in [5.74, 6) is 0.613. The maximum absolute atomic E-state index is 11.8. The average molecular weight is 267 g/mol. The Labute approximate surface area is 112 Å². The third-order valence-electron chi connectivity index (χ3n) is 2.46. The van der Waals surface area contributed by atoms with E-state index in [0.29, 0.717) is 18.7 Å². The first-order valence-corrected chi connectivity index (χ1v) is 5.39. The van der Waals surface area contributed by atoms with Gasteiger partial charge in [-0.2, -0.15) is 0 Å². The number of nitrogens with one attached hydrogen (secondary N) is 1. The number of amides is 1. The highest BCUT2D eigenvalue weighted by Gasteiger charge is 2.05. The number of hydrogen-bond acceptors (Lipinski definition) is 3. The van der Waals surface area contributed by atoms with Gasteiger partial charge in [0.2, 0.25) is 0 Å². The van der Waals surface area contributed by atoms with Gasteiger partial charge in [0.1, 0.15) is 5.76 Å². The van der Waals surface area contributed by atoms with E-state index in [4.69, 9.17) is 10.2 Å². The summed E-state index contributed by atoms with van der Waals surface area (Å²) < 4.78 is 5.13. The van der Waals surface area contributed by atoms with Gasteiger partial charge in [0.15, 0.2) is 0 Å². The molecule has 0 radical (unpaired) electrons. The van der Waals surface area contributed by atoms with Crippen LogP contribution in [0.4, 0.5) is 0 Å². The van der Waals surface area contributed by atoms with E-state index in [1.165, 1.54) is 0 Å². The molecule has 0 bridgehead atoms. The van der Waals surface area contributed by atoms with Crippen molar-refractivity contribution in [2.75, 3.05) is 0 Å². The van der Waals surface area contributed by atoms with Gasteiger partial charge < -0.3 is 15.5 Å². The van der Waals surface area contributed by atoms with Gasteiger partial charge in [0.05, 0.1) is 12.8 Å². The van der Waals surface area contributed by atoms with Crippen LogP contribution in [-0.2, 0) is 13.1 Å². The van der Waals surface area contributed by atoms with E-state index < -0.39 is 0 Å². The lowest BCUT2D eigenvalue weighted by Gasteiger charge is -2.04. The maximum atomic E-state index is 11.8. The number of rotatable bonds is 4. The molecule has 0 atom stereocenters. The van der Waals surface area contributed by atoms with Crippen LogP contribution >= 0.6 is 12.4 Å². The Kier molecular flexibility index (Phi) is 5.42. The Morgan fingerprint density at radius 2 is 1.94 bits per heavy atom. The van der Waals surface area contributed by atoms with E-state index in [1.807, 2.05) is 18.2 Å². The molecule has 1 amide bonds. The summed E-state index contributed by atoms with van der Waals surface area (Å²) in [6.07, 6.45) is 1.58. The van der Waals surface area contributed by atoms with Gasteiger partial charge >= 0.3 is 0 Å². The summed E-state index contributed by atoms with van der Waals surface area (Å²) in [7, 11) is 0. The van der Waals surface area contributed by atoms with Crippen LogP contribution in [0.3, 0.4) is 0 Å². The normalized spacial score (nSPS) is 9.61. The number of carbonyl (C=O) groups is 1. The van der Waals surface area contributed by atoms with Crippen LogP contribution in [0, 0.1) is 0 Å². The summed E-state index contributed by atoms with van der Waals surface area (Å²) in [4.78, 5) is 11.8. The zero-order valence-electron chi connectivity index (χ0n) is 9.76. The van der Waals surface area contributed by atoms with Crippen molar-refractivity contribution in [3.05, 3.63) is 59.5 Å². The molecule has 0 spiro atoms. The quantitative estimate of drug-likeness (QED) is 0.890. The van der Waals surface area contributed by atoms with E-state index in [0.717, 1.165) is 11.3 Å². The number of furan rings is 1. The minimum absolute atomic E-state index is 0. The van der Waals surface area contributed by atoms with Crippen LogP contribution in [0.1, 0.15) is 21.7 Å². The van der Waals surface area contributed by atoms with Gasteiger partial charge in [-0.25, -0.2) is 0 Å². The Morgan fingerprint density at radius 3 is 2.50 bits per heavy atom. The zero-order valence-corrected chi connectivity index (χ0v) is 10.6. The smallest absolute Gasteiger partial charge is 0.251 e. The Balaban J connectivity index is 0.00000162. The molecule has 18 heavy (non-hydrogen) atoms. The second kappa shape index (κ2) is 6.83. The van der Waals surface area contributed by atoms with Crippen molar-refractivity contribution in [1.82, 2.24) is 5.32 Å². The van der Waals surface area contributed by atoms with Crippen LogP contribution < -0.4 is 11.1 Å². The highest BCUT2D eigenvalue weighted by Crippen LogP contribution is 2.05. The third kappa shape index (κ3) is 3.61. The van der Waals surface area contributed by atoms with E-state index >= 15 is 0 Å². The molecule has 1 aromatic heterocycles. The minimum atomic E-state index is -0.120. The molecule has 1 aromatic carbocycles. The molecule has 3 N–H and O–H groups in total. The van der Waals surface area contributed by atoms with Crippen molar-refractivity contribution >= 4 is 18.3 Å². The van der Waals surface area contributed by atoms with Gasteiger partial charge in [0.25, 0.3) is 5.91 Å². The minimum Gasteiger partial charge on any atom is -0.467 e. The number of halogens is 1. The molecular weight excluding hydrogens is 252 g/mol. The Bertz CT molecular complexity index is 480. The van der Waals surface area contributed by atoms with Gasteiger partial charge in [-0.15, -0.1) is 12.4 Å². The molecule has 5 heteroatoms. The summed E-state index contributed by atoms with van der Waals surface area (Å²) >= 11 is 0. The SMILES string of the molecule is Cl.NCc1ccc(C(=O)NCc2ccco2)cc1. The molecule has 1 heterocycles. The first-order valence-electron chi connectivity index (χ1n) is 5.39. The second-order valence-electron chi connectivity index (χ2n) is 3.66. The van der Waals surface area contributed by atoms with Crippen molar-refractivity contribution in [1.29, 1.82) is 0 Å². The lowest BCUT2D eigenvalue weighted by atomic mass is 10.1. The standard InChI is InChI=1S/C13H14N2O2.ClH/c14-8-10-3-5-11(6-4-10)13(16)15-9-12-2-1-7-17-12;/h1-7H,8-9,14H2,(H,15,16);1H. The van der Waals surface area contributed by atoms with Crippen molar-refractivity contribution in [3.63, 3.8) is 0 Å². The van der Waals surface area contributed by atoms with Crippen molar-refractivity contribution < 1.29 is 9.21 Å². The summed E-state index contributed by atoms with van der Waals surface area (Å²) in [6, 6.07) is 10.8. The second-order valence-corrected chi connectivity index (χ2v) is 3.66. The van der Waals surface area contributed by atoms with Crippen LogP contribution in [-0.4, -0.2) is 5.91 Å². The molecular formula is C13H15ClN2O2. The molecule has 4 nitrogen and oxygen atoms in total. The fourth-order valence-corrected chi connectivity index (χ4v) is 1.47. The van der Waals surface area contributed by atoms with Crippen molar-refractivity contribution in [2.24, 2.45) is 5.73 Å². The predicted octanol–water partition coefficient (Wildman–Crippen LogP) is 2.09. The summed E-state index contributed by atoms with van der Waals surface area (Å²) in [5.41, 5.74) is 7.11. The van der Waals surface area contributed by atoms with Gasteiger partial charge in [-0.05, 0) is 29.8 Å². The van der Waals surface area contributed by atoms with Gasteiger partial charge in [0, 0.05) is 12.1 Å². The molecule has 96 valence electrons. The molecule has 0 saturated heterocycles. The van der Waals surface area contributed by atoms with E-state index in [2.05, 4.69) is 5.32 Å². The number of benzene rings is 1. The average Bonchev–Trinajstić information content (AvgIpc) is 2.89. The monoisotopic (exact) mass is 266 g/mol. The number of nitrogens with two attached hydrogens (primary N) is 1. The highest BCUT2D eigenvalue weighted by atomic mass is 35.5. The molecule has 0 aliphatic heterocycles. The number of hydrogen-bond donors (Lipinski definition) is 2. The molecule has 2 rings (SSSR count). The maximum Gasteiger partial charge on any atom is 0.251 e. The van der Waals surface area contributed by atoms with E-state index in [9.17, 15) is 4.79 Å². The molecule has 0 unspecified atom stereocenters. The van der Waals surface area contributed by atoms with Gasteiger partial charge in [-0.1, -0.05) is 12.1 Å². The molecule has 0 fully saturated rings. The van der Waals surface area contributed by atoms with Crippen LogP contribution in [0.25, 0.3) is 0 Å². The van der Waals surface area contributed by atoms with Crippen LogP contribution in [0.2, 0.25) is 0 Å². The summed E-state index contributed by atoms with van der Waals surface area (Å²) in [5, 5.41) is 2.77. The van der Waals surface area contributed by atoms with E-state index in [-0.39, 0.29) is 18.3 Å². The molecule has 0 saturated carbocycles. The van der Waals surface area contributed by atoms with E-state index in [1.54, 1.807) is 24.5 Å². The lowest BCUT2D eigenvalue weighted by molar-refractivity contribution is 0.0948.